The van der Waals surface area contributed by atoms with Crippen LogP contribution in [0.4, 0.5) is 0 Å². The summed E-state index contributed by atoms with van der Waals surface area (Å²) in [5, 5.41) is 0.784. The Balaban J connectivity index is 1.97. The Hall–Kier alpha value is -1.02. The number of esters is 1. The maximum Gasteiger partial charge on any atom is 0.308 e. The van der Waals surface area contributed by atoms with Gasteiger partial charge in [0.05, 0.1) is 13.0 Å². The molecule has 0 aliphatic heterocycles. The summed E-state index contributed by atoms with van der Waals surface area (Å²) in [5.74, 6) is 1.05. The lowest BCUT2D eigenvalue weighted by atomic mass is 9.91. The smallest absolute Gasteiger partial charge is 0.308 e. The normalized spacial score (nSPS) is 23.5. The molecule has 2 rings (SSSR count). The van der Waals surface area contributed by atoms with Crippen LogP contribution in [0.1, 0.15) is 37.7 Å². The second-order valence-corrected chi connectivity index (χ2v) is 5.46. The zero-order chi connectivity index (χ0) is 13.1. The minimum Gasteiger partial charge on any atom is -0.469 e. The quantitative estimate of drug-likeness (QED) is 0.752. The molecule has 0 saturated heterocycles. The summed E-state index contributed by atoms with van der Waals surface area (Å²) in [5.41, 5.74) is 1.28. The zero-order valence-electron chi connectivity index (χ0n) is 10.9. The van der Waals surface area contributed by atoms with E-state index in [-0.39, 0.29) is 11.9 Å². The third kappa shape index (κ3) is 3.05. The first-order valence-corrected chi connectivity index (χ1v) is 6.86. The Morgan fingerprint density at radius 1 is 1.56 bits per heavy atom. The van der Waals surface area contributed by atoms with Crippen molar-refractivity contribution in [3.8, 4) is 0 Å². The molecule has 1 aliphatic carbocycles. The van der Waals surface area contributed by atoms with Crippen LogP contribution in [0.25, 0.3) is 0 Å². The number of hydrogen-bond donors (Lipinski definition) is 0. The van der Waals surface area contributed by atoms with E-state index < -0.39 is 0 Å². The van der Waals surface area contributed by atoms with Gasteiger partial charge in [-0.05, 0) is 48.8 Å². The summed E-state index contributed by atoms with van der Waals surface area (Å²) in [6, 6.07) is 8.04. The van der Waals surface area contributed by atoms with E-state index in [0.29, 0.717) is 11.8 Å². The van der Waals surface area contributed by atoms with Gasteiger partial charge >= 0.3 is 5.97 Å². The highest BCUT2D eigenvalue weighted by Gasteiger charge is 2.44. The van der Waals surface area contributed by atoms with Gasteiger partial charge in [-0.2, -0.15) is 0 Å². The highest BCUT2D eigenvalue weighted by Crippen LogP contribution is 2.46. The van der Waals surface area contributed by atoms with E-state index in [4.69, 9.17) is 16.3 Å². The largest absolute Gasteiger partial charge is 0.469 e. The van der Waals surface area contributed by atoms with Crippen molar-refractivity contribution < 1.29 is 9.53 Å². The Bertz CT molecular complexity index is 430. The molecule has 0 radical (unpaired) electrons. The molecule has 0 bridgehead atoms. The zero-order valence-corrected chi connectivity index (χ0v) is 11.6. The van der Waals surface area contributed by atoms with Gasteiger partial charge in [0.15, 0.2) is 0 Å². The van der Waals surface area contributed by atoms with Crippen LogP contribution < -0.4 is 0 Å². The first kappa shape index (κ1) is 13.4. The van der Waals surface area contributed by atoms with Crippen molar-refractivity contribution in [3.63, 3.8) is 0 Å². The van der Waals surface area contributed by atoms with E-state index in [1.807, 2.05) is 18.2 Å². The lowest BCUT2D eigenvalue weighted by Gasteiger charge is -2.15. The highest BCUT2D eigenvalue weighted by molar-refractivity contribution is 6.30. The second-order valence-electron chi connectivity index (χ2n) is 5.02. The monoisotopic (exact) mass is 266 g/mol. The molecule has 1 aromatic rings. The molecule has 2 nitrogen and oxygen atoms in total. The minimum atomic E-state index is -0.0547. The molecule has 1 fully saturated rings. The van der Waals surface area contributed by atoms with Crippen LogP contribution in [0.3, 0.4) is 0 Å². The fraction of sp³-hybridized carbons (Fsp3) is 0.533. The van der Waals surface area contributed by atoms with Crippen molar-refractivity contribution in [3.05, 3.63) is 34.9 Å². The predicted molar refractivity (Wildman–Crippen MR) is 72.7 cm³/mol. The van der Waals surface area contributed by atoms with Crippen molar-refractivity contribution in [2.75, 3.05) is 7.11 Å². The van der Waals surface area contributed by atoms with Gasteiger partial charge in [-0.3, -0.25) is 4.79 Å². The standard InChI is InChI=1S/C15H19ClO2/c1-3-10(11-5-4-6-13(16)8-11)7-12-9-14(12)15(17)18-2/h4-6,8,10,12,14H,3,7,9H2,1-2H3. The number of methoxy groups -OCH3 is 1. The number of ether oxygens (including phenoxy) is 1. The van der Waals surface area contributed by atoms with Crippen LogP contribution in [0, 0.1) is 11.8 Å². The molecule has 1 aromatic carbocycles. The van der Waals surface area contributed by atoms with Gasteiger partial charge in [0.1, 0.15) is 0 Å². The minimum absolute atomic E-state index is 0.0547. The number of carbonyl (C=O) groups is 1. The summed E-state index contributed by atoms with van der Waals surface area (Å²) < 4.78 is 4.78. The summed E-state index contributed by atoms with van der Waals surface area (Å²) in [7, 11) is 1.46. The van der Waals surface area contributed by atoms with Crippen LogP contribution >= 0.6 is 11.6 Å². The van der Waals surface area contributed by atoms with Crippen LogP contribution in [0.5, 0.6) is 0 Å². The molecule has 0 heterocycles. The fourth-order valence-electron chi connectivity index (χ4n) is 2.61. The molecule has 1 saturated carbocycles. The molecule has 0 aromatic heterocycles. The number of benzene rings is 1. The Labute approximate surface area is 113 Å². The highest BCUT2D eigenvalue weighted by atomic mass is 35.5. The van der Waals surface area contributed by atoms with Crippen molar-refractivity contribution in [1.29, 1.82) is 0 Å². The maximum atomic E-state index is 11.4. The number of carbonyl (C=O) groups excluding carboxylic acids is 1. The third-order valence-corrected chi connectivity index (χ3v) is 4.06. The van der Waals surface area contributed by atoms with Crippen molar-refractivity contribution in [1.82, 2.24) is 0 Å². The van der Waals surface area contributed by atoms with E-state index in [0.717, 1.165) is 24.3 Å². The van der Waals surface area contributed by atoms with Gasteiger partial charge in [-0.25, -0.2) is 0 Å². The molecular formula is C15H19ClO2. The van der Waals surface area contributed by atoms with E-state index in [2.05, 4.69) is 13.0 Å². The Kier molecular flexibility index (Phi) is 4.28. The lowest BCUT2D eigenvalue weighted by molar-refractivity contribution is -0.142. The molecule has 0 spiro atoms. The SMILES string of the molecule is CCC(CC1CC1C(=O)OC)c1cccc(Cl)c1. The Morgan fingerprint density at radius 2 is 2.33 bits per heavy atom. The molecule has 3 atom stereocenters. The van der Waals surface area contributed by atoms with Gasteiger partial charge in [-0.15, -0.1) is 0 Å². The molecular weight excluding hydrogens is 248 g/mol. The molecule has 3 heteroatoms. The molecule has 0 N–H and O–H groups in total. The van der Waals surface area contributed by atoms with Crippen LogP contribution in [0.2, 0.25) is 5.02 Å². The average Bonchev–Trinajstić information content (AvgIpc) is 3.14. The van der Waals surface area contributed by atoms with Gasteiger partial charge in [0.25, 0.3) is 0 Å². The average molecular weight is 267 g/mol. The number of halogens is 1. The summed E-state index contributed by atoms with van der Waals surface area (Å²) >= 11 is 6.03. The van der Waals surface area contributed by atoms with E-state index in [1.165, 1.54) is 12.7 Å². The fourth-order valence-corrected chi connectivity index (χ4v) is 2.81. The summed E-state index contributed by atoms with van der Waals surface area (Å²) in [4.78, 5) is 11.4. The van der Waals surface area contributed by atoms with Crippen molar-refractivity contribution in [2.45, 2.75) is 32.1 Å². The van der Waals surface area contributed by atoms with Crippen molar-refractivity contribution in [2.24, 2.45) is 11.8 Å². The van der Waals surface area contributed by atoms with Crippen molar-refractivity contribution >= 4 is 17.6 Å². The van der Waals surface area contributed by atoms with Gasteiger partial charge in [0, 0.05) is 5.02 Å². The van der Waals surface area contributed by atoms with Gasteiger partial charge in [-0.1, -0.05) is 30.7 Å². The maximum absolute atomic E-state index is 11.4. The van der Waals surface area contributed by atoms with Crippen LogP contribution in [-0.2, 0) is 9.53 Å². The number of rotatable bonds is 5. The topological polar surface area (TPSA) is 26.3 Å². The van der Waals surface area contributed by atoms with E-state index in [1.54, 1.807) is 0 Å². The van der Waals surface area contributed by atoms with E-state index >= 15 is 0 Å². The second kappa shape index (κ2) is 5.75. The molecule has 0 amide bonds. The molecule has 98 valence electrons. The Morgan fingerprint density at radius 3 is 2.94 bits per heavy atom. The van der Waals surface area contributed by atoms with Gasteiger partial charge in [0.2, 0.25) is 0 Å². The lowest BCUT2D eigenvalue weighted by Crippen LogP contribution is -2.06. The summed E-state index contributed by atoms with van der Waals surface area (Å²) in [6.45, 7) is 2.18. The molecule has 1 aliphatic rings. The first-order valence-electron chi connectivity index (χ1n) is 6.49. The first-order chi connectivity index (χ1) is 8.65. The number of hydrogen-bond acceptors (Lipinski definition) is 2. The van der Waals surface area contributed by atoms with E-state index in [9.17, 15) is 4.79 Å². The van der Waals surface area contributed by atoms with Gasteiger partial charge < -0.3 is 4.74 Å². The summed E-state index contributed by atoms with van der Waals surface area (Å²) in [6.07, 6.45) is 3.10. The van der Waals surface area contributed by atoms with Crippen LogP contribution in [-0.4, -0.2) is 13.1 Å². The molecule has 18 heavy (non-hydrogen) atoms. The predicted octanol–water partition coefficient (Wildman–Crippen LogP) is 4.03. The molecule has 3 unspecified atom stereocenters. The van der Waals surface area contributed by atoms with Crippen LogP contribution in [0.15, 0.2) is 24.3 Å². The third-order valence-electron chi connectivity index (χ3n) is 3.83.